The molecular weight excluding hydrogens is 234 g/mol. The van der Waals surface area contributed by atoms with Crippen LogP contribution in [0.2, 0.25) is 0 Å². The molecule has 0 aromatic carbocycles. The summed E-state index contributed by atoms with van der Waals surface area (Å²) >= 11 is 0. The van der Waals surface area contributed by atoms with Gasteiger partial charge < -0.3 is 5.73 Å². The van der Waals surface area contributed by atoms with Gasteiger partial charge in [0.25, 0.3) is 0 Å². The fraction of sp³-hybridized carbons (Fsp3) is 0.812. The third-order valence-electron chi connectivity index (χ3n) is 5.93. The van der Waals surface area contributed by atoms with Crippen LogP contribution in [0.1, 0.15) is 49.8 Å². The molecule has 4 aliphatic rings. The van der Waals surface area contributed by atoms with Crippen LogP contribution in [0.25, 0.3) is 0 Å². The molecule has 5 rings (SSSR count). The summed E-state index contributed by atoms with van der Waals surface area (Å²) in [6.07, 6.45) is 11.1. The highest BCUT2D eigenvalue weighted by Crippen LogP contribution is 2.60. The average molecular weight is 259 g/mol. The zero-order chi connectivity index (χ0) is 13.0. The van der Waals surface area contributed by atoms with Gasteiger partial charge in [-0.1, -0.05) is 0 Å². The Morgan fingerprint density at radius 1 is 1.21 bits per heavy atom. The first-order valence-electron chi connectivity index (χ1n) is 7.89. The molecule has 3 nitrogen and oxygen atoms in total. The highest BCUT2D eigenvalue weighted by Gasteiger charge is 2.50. The molecule has 0 unspecified atom stereocenters. The smallest absolute Gasteiger partial charge is 0.0638 e. The maximum Gasteiger partial charge on any atom is 0.0638 e. The standard InChI is InChI=1S/C16H25N3/c1-11-15(8-17)9-19(18-11)10-16-5-12-2-13(6-16)4-14(3-12)7-16/h9,12-14H,2-8,10,17H2,1H3. The average Bonchev–Trinajstić information content (AvgIpc) is 2.66. The van der Waals surface area contributed by atoms with Gasteiger partial charge in [-0.2, -0.15) is 5.10 Å². The van der Waals surface area contributed by atoms with Gasteiger partial charge >= 0.3 is 0 Å². The predicted octanol–water partition coefficient (Wildman–Crippen LogP) is 2.87. The van der Waals surface area contributed by atoms with Gasteiger partial charge in [0.05, 0.1) is 5.69 Å². The van der Waals surface area contributed by atoms with E-state index in [1.807, 2.05) is 0 Å². The third kappa shape index (κ3) is 1.94. The van der Waals surface area contributed by atoms with Gasteiger partial charge in [-0.25, -0.2) is 0 Å². The van der Waals surface area contributed by atoms with Gasteiger partial charge in [-0.15, -0.1) is 0 Å². The van der Waals surface area contributed by atoms with E-state index >= 15 is 0 Å². The zero-order valence-electron chi connectivity index (χ0n) is 11.9. The number of nitrogens with zero attached hydrogens (tertiary/aromatic N) is 2. The van der Waals surface area contributed by atoms with Crippen molar-refractivity contribution in [3.8, 4) is 0 Å². The predicted molar refractivity (Wildman–Crippen MR) is 75.5 cm³/mol. The van der Waals surface area contributed by atoms with Crippen molar-refractivity contribution in [2.24, 2.45) is 28.9 Å². The number of aryl methyl sites for hydroxylation is 1. The summed E-state index contributed by atoms with van der Waals surface area (Å²) in [5, 5.41) is 4.69. The Balaban J connectivity index is 1.58. The topological polar surface area (TPSA) is 43.8 Å². The Kier molecular flexibility index (Phi) is 2.57. The summed E-state index contributed by atoms with van der Waals surface area (Å²) in [6.45, 7) is 3.84. The molecule has 0 spiro atoms. The molecule has 1 aromatic heterocycles. The van der Waals surface area contributed by atoms with Crippen LogP contribution in [0.4, 0.5) is 0 Å². The highest BCUT2D eigenvalue weighted by molar-refractivity contribution is 5.15. The maximum atomic E-state index is 5.77. The lowest BCUT2D eigenvalue weighted by molar-refractivity contribution is -0.0635. The minimum absolute atomic E-state index is 0.569. The van der Waals surface area contributed by atoms with Crippen molar-refractivity contribution in [1.82, 2.24) is 9.78 Å². The van der Waals surface area contributed by atoms with Crippen LogP contribution in [0.5, 0.6) is 0 Å². The highest BCUT2D eigenvalue weighted by atomic mass is 15.3. The Hall–Kier alpha value is -0.830. The largest absolute Gasteiger partial charge is 0.326 e. The lowest BCUT2D eigenvalue weighted by Crippen LogP contribution is -2.48. The summed E-state index contributed by atoms with van der Waals surface area (Å²) in [6, 6.07) is 0. The number of nitrogens with two attached hydrogens (primary N) is 1. The lowest BCUT2D eigenvalue weighted by atomic mass is 9.49. The lowest BCUT2D eigenvalue weighted by Gasteiger charge is -2.56. The van der Waals surface area contributed by atoms with Gasteiger partial charge in [0.1, 0.15) is 0 Å². The first kappa shape index (κ1) is 12.0. The van der Waals surface area contributed by atoms with Gasteiger partial charge in [-0.3, -0.25) is 4.68 Å². The molecule has 0 aliphatic heterocycles. The van der Waals surface area contributed by atoms with E-state index in [4.69, 9.17) is 10.8 Å². The first-order chi connectivity index (χ1) is 9.16. The van der Waals surface area contributed by atoms with Crippen LogP contribution in [-0.4, -0.2) is 9.78 Å². The Bertz CT molecular complexity index is 453. The van der Waals surface area contributed by atoms with E-state index in [-0.39, 0.29) is 0 Å². The van der Waals surface area contributed by atoms with Crippen LogP contribution in [0, 0.1) is 30.1 Å². The monoisotopic (exact) mass is 259 g/mol. The Morgan fingerprint density at radius 2 is 1.79 bits per heavy atom. The summed E-state index contributed by atoms with van der Waals surface area (Å²) in [4.78, 5) is 0. The summed E-state index contributed by atoms with van der Waals surface area (Å²) < 4.78 is 2.20. The second-order valence-corrected chi connectivity index (χ2v) is 7.56. The van der Waals surface area contributed by atoms with Crippen molar-refractivity contribution in [2.45, 2.75) is 58.5 Å². The molecule has 4 bridgehead atoms. The molecule has 0 atom stereocenters. The molecule has 4 saturated carbocycles. The number of hydrogen-bond donors (Lipinski definition) is 1. The molecule has 2 N–H and O–H groups in total. The number of aromatic nitrogens is 2. The van der Waals surface area contributed by atoms with E-state index in [0.29, 0.717) is 12.0 Å². The van der Waals surface area contributed by atoms with E-state index in [2.05, 4.69) is 17.8 Å². The molecular formula is C16H25N3. The molecule has 3 heteroatoms. The molecule has 0 saturated heterocycles. The summed E-state index contributed by atoms with van der Waals surface area (Å²) in [5.41, 5.74) is 8.67. The molecule has 19 heavy (non-hydrogen) atoms. The van der Waals surface area contributed by atoms with Crippen molar-refractivity contribution in [3.05, 3.63) is 17.5 Å². The van der Waals surface area contributed by atoms with E-state index in [1.165, 1.54) is 44.1 Å². The Labute approximate surface area is 115 Å². The van der Waals surface area contributed by atoms with Crippen molar-refractivity contribution < 1.29 is 0 Å². The van der Waals surface area contributed by atoms with E-state index in [9.17, 15) is 0 Å². The molecule has 104 valence electrons. The quantitative estimate of drug-likeness (QED) is 0.907. The second kappa shape index (κ2) is 4.08. The van der Waals surface area contributed by atoms with Crippen molar-refractivity contribution >= 4 is 0 Å². The summed E-state index contributed by atoms with van der Waals surface area (Å²) in [7, 11) is 0. The Morgan fingerprint density at radius 3 is 2.26 bits per heavy atom. The van der Waals surface area contributed by atoms with Gasteiger partial charge in [-0.05, 0) is 68.6 Å². The normalized spacial score (nSPS) is 40.0. The zero-order valence-corrected chi connectivity index (χ0v) is 11.9. The first-order valence-corrected chi connectivity index (χ1v) is 7.89. The SMILES string of the molecule is Cc1nn(CC23CC4CC(CC(C4)C2)C3)cc1CN. The molecule has 0 amide bonds. The minimum atomic E-state index is 0.569. The molecule has 0 radical (unpaired) electrons. The van der Waals surface area contributed by atoms with Crippen LogP contribution in [0.3, 0.4) is 0 Å². The van der Waals surface area contributed by atoms with Crippen molar-refractivity contribution in [2.75, 3.05) is 0 Å². The fourth-order valence-corrected chi connectivity index (χ4v) is 5.67. The van der Waals surface area contributed by atoms with Crippen LogP contribution >= 0.6 is 0 Å². The number of rotatable bonds is 3. The minimum Gasteiger partial charge on any atom is -0.326 e. The van der Waals surface area contributed by atoms with Crippen LogP contribution in [0.15, 0.2) is 6.20 Å². The molecule has 4 aliphatic carbocycles. The molecule has 4 fully saturated rings. The van der Waals surface area contributed by atoms with E-state index < -0.39 is 0 Å². The van der Waals surface area contributed by atoms with E-state index in [0.717, 1.165) is 30.0 Å². The van der Waals surface area contributed by atoms with Gasteiger partial charge in [0.15, 0.2) is 0 Å². The third-order valence-corrected chi connectivity index (χ3v) is 5.93. The van der Waals surface area contributed by atoms with Crippen molar-refractivity contribution in [1.29, 1.82) is 0 Å². The van der Waals surface area contributed by atoms with Gasteiger partial charge in [0, 0.05) is 24.8 Å². The van der Waals surface area contributed by atoms with Gasteiger partial charge in [0.2, 0.25) is 0 Å². The number of hydrogen-bond acceptors (Lipinski definition) is 2. The van der Waals surface area contributed by atoms with Crippen LogP contribution in [-0.2, 0) is 13.1 Å². The maximum absolute atomic E-state index is 5.77. The summed E-state index contributed by atoms with van der Waals surface area (Å²) in [5.74, 6) is 3.07. The van der Waals surface area contributed by atoms with Crippen molar-refractivity contribution in [3.63, 3.8) is 0 Å². The molecule has 1 aromatic rings. The molecule has 1 heterocycles. The second-order valence-electron chi connectivity index (χ2n) is 7.56. The van der Waals surface area contributed by atoms with E-state index in [1.54, 1.807) is 0 Å². The fourth-order valence-electron chi connectivity index (χ4n) is 5.67. The van der Waals surface area contributed by atoms with Crippen LogP contribution < -0.4 is 5.73 Å².